The maximum atomic E-state index is 13.0. The number of nitrogen functional groups attached to an aromatic ring is 1. The van der Waals surface area contributed by atoms with Gasteiger partial charge in [-0.25, -0.2) is 13.8 Å². The molecule has 5 rings (SSSR count). The molecule has 2 heterocycles. The molecule has 0 bridgehead atoms. The molecule has 0 amide bonds. The zero-order valence-corrected chi connectivity index (χ0v) is 19.4. The van der Waals surface area contributed by atoms with E-state index in [1.165, 1.54) is 30.8 Å². The molecule has 0 unspecified atom stereocenters. The summed E-state index contributed by atoms with van der Waals surface area (Å²) < 4.78 is 25.8. The van der Waals surface area contributed by atoms with E-state index in [1.54, 1.807) is 0 Å². The first-order valence-corrected chi connectivity index (χ1v) is 9.03. The zero-order chi connectivity index (χ0) is 20.2. The summed E-state index contributed by atoms with van der Waals surface area (Å²) >= 11 is 0. The largest absolute Gasteiger partial charge is 1.00 e. The standard InChI is InChI=1S/C13H6F2N5.C9H10.K/c14-8-3-1-7(5-9(8)15)2-4-10-19-12(16)11-13(20-10)18-6-17-11;1-2-4-8(5-3-1)9-6-7-9;/h1,3,5-6H,(H2-,16,17,18,19,20);1-5,9H,6-7H2;/q-1;;+1. The fourth-order valence-corrected chi connectivity index (χ4v) is 2.71. The van der Waals surface area contributed by atoms with Gasteiger partial charge < -0.3 is 20.7 Å². The van der Waals surface area contributed by atoms with Gasteiger partial charge in [0.05, 0.1) is 0 Å². The number of fused-ring (bicyclic) bond motifs is 1. The molecular formula is C22H16F2KN5. The van der Waals surface area contributed by atoms with Crippen molar-refractivity contribution in [1.29, 1.82) is 0 Å². The number of nitrogens with two attached hydrogens (primary N) is 1. The molecular weight excluding hydrogens is 411 g/mol. The minimum atomic E-state index is -0.963. The summed E-state index contributed by atoms with van der Waals surface area (Å²) in [5.41, 5.74) is 8.26. The van der Waals surface area contributed by atoms with Crippen LogP contribution in [0.3, 0.4) is 0 Å². The van der Waals surface area contributed by atoms with E-state index < -0.39 is 11.6 Å². The van der Waals surface area contributed by atoms with Crippen LogP contribution < -0.4 is 62.1 Å². The van der Waals surface area contributed by atoms with Gasteiger partial charge in [-0.15, -0.1) is 0 Å². The second-order valence-corrected chi connectivity index (χ2v) is 6.54. The van der Waals surface area contributed by atoms with Crippen LogP contribution in [-0.2, 0) is 0 Å². The average Bonchev–Trinajstić information content (AvgIpc) is 3.48. The summed E-state index contributed by atoms with van der Waals surface area (Å²) in [5, 5.41) is 0. The van der Waals surface area contributed by atoms with Gasteiger partial charge in [-0.2, -0.15) is 0 Å². The second-order valence-electron chi connectivity index (χ2n) is 6.54. The van der Waals surface area contributed by atoms with E-state index in [1.807, 2.05) is 0 Å². The summed E-state index contributed by atoms with van der Waals surface area (Å²) in [6, 6.07) is 14.1. The smallest absolute Gasteiger partial charge is 0.383 e. The fourth-order valence-electron chi connectivity index (χ4n) is 2.71. The van der Waals surface area contributed by atoms with Crippen LogP contribution in [0.15, 0.2) is 54.9 Å². The van der Waals surface area contributed by atoms with Gasteiger partial charge in [0.15, 0.2) is 11.6 Å². The molecule has 0 aliphatic heterocycles. The van der Waals surface area contributed by atoms with E-state index in [9.17, 15) is 8.78 Å². The maximum Gasteiger partial charge on any atom is 1.00 e. The quantitative estimate of drug-likeness (QED) is 0.359. The molecule has 30 heavy (non-hydrogen) atoms. The second kappa shape index (κ2) is 10.2. The first kappa shape index (κ1) is 22.5. The van der Waals surface area contributed by atoms with E-state index in [2.05, 4.69) is 62.1 Å². The monoisotopic (exact) mass is 427 g/mol. The van der Waals surface area contributed by atoms with Crippen LogP contribution in [0.1, 0.15) is 35.7 Å². The predicted octanol–water partition coefficient (Wildman–Crippen LogP) is 0.810. The Morgan fingerprint density at radius 3 is 2.43 bits per heavy atom. The predicted molar refractivity (Wildman–Crippen MR) is 106 cm³/mol. The van der Waals surface area contributed by atoms with Gasteiger partial charge in [0.25, 0.3) is 0 Å². The Labute approximate surface area is 215 Å². The van der Waals surface area contributed by atoms with Crippen molar-refractivity contribution in [3.05, 3.63) is 83.4 Å². The van der Waals surface area contributed by atoms with Crippen LogP contribution in [0.25, 0.3) is 11.2 Å². The van der Waals surface area contributed by atoms with Crippen molar-refractivity contribution in [3.8, 4) is 11.8 Å². The van der Waals surface area contributed by atoms with Gasteiger partial charge >= 0.3 is 51.4 Å². The molecule has 2 aromatic carbocycles. The van der Waals surface area contributed by atoms with Crippen molar-refractivity contribution >= 4 is 17.0 Å². The Bertz CT molecular complexity index is 1210. The number of hydrogen-bond acceptors (Lipinski definition) is 4. The molecule has 5 nitrogen and oxygen atoms in total. The van der Waals surface area contributed by atoms with E-state index in [4.69, 9.17) is 5.73 Å². The Morgan fingerprint density at radius 2 is 1.73 bits per heavy atom. The molecule has 2 aromatic heterocycles. The Balaban J connectivity index is 0.000000214. The van der Waals surface area contributed by atoms with Crippen molar-refractivity contribution in [2.24, 2.45) is 0 Å². The number of anilines is 1. The first-order chi connectivity index (χ1) is 14.1. The Hall–Kier alpha value is -2.15. The average molecular weight is 427 g/mol. The van der Waals surface area contributed by atoms with Crippen LogP contribution in [0.2, 0.25) is 0 Å². The number of benzene rings is 2. The van der Waals surface area contributed by atoms with Gasteiger partial charge in [-0.3, -0.25) is 0 Å². The maximum absolute atomic E-state index is 13.0. The summed E-state index contributed by atoms with van der Waals surface area (Å²) in [5.74, 6) is 4.58. The molecule has 2 N–H and O–H groups in total. The van der Waals surface area contributed by atoms with Crippen LogP contribution in [-0.4, -0.2) is 15.0 Å². The summed E-state index contributed by atoms with van der Waals surface area (Å²) in [4.78, 5) is 15.8. The number of halogens is 2. The van der Waals surface area contributed by atoms with Gasteiger partial charge in [0.2, 0.25) is 0 Å². The molecule has 1 aliphatic rings. The molecule has 4 aromatic rings. The number of rotatable bonds is 1. The van der Waals surface area contributed by atoms with Crippen LogP contribution in [0, 0.1) is 23.5 Å². The number of nitrogens with zero attached hydrogens (tertiary/aromatic N) is 4. The van der Waals surface area contributed by atoms with Gasteiger partial charge in [0, 0.05) is 16.7 Å². The molecule has 0 saturated heterocycles. The van der Waals surface area contributed by atoms with E-state index in [0.717, 1.165) is 18.1 Å². The van der Waals surface area contributed by atoms with Crippen LogP contribution in [0.5, 0.6) is 0 Å². The van der Waals surface area contributed by atoms with E-state index in [-0.39, 0.29) is 63.0 Å². The zero-order valence-electron chi connectivity index (χ0n) is 16.3. The molecule has 1 fully saturated rings. The number of aromatic nitrogens is 4. The summed E-state index contributed by atoms with van der Waals surface area (Å²) in [7, 11) is 0. The minimum absolute atomic E-state index is 0. The molecule has 0 spiro atoms. The minimum Gasteiger partial charge on any atom is -0.383 e. The van der Waals surface area contributed by atoms with Crippen molar-refractivity contribution in [1.82, 2.24) is 19.9 Å². The molecule has 1 saturated carbocycles. The van der Waals surface area contributed by atoms with Crippen molar-refractivity contribution in [2.75, 3.05) is 5.73 Å². The molecule has 144 valence electrons. The number of imidazole rings is 1. The third-order valence-corrected chi connectivity index (χ3v) is 4.35. The molecule has 0 atom stereocenters. The third-order valence-electron chi connectivity index (χ3n) is 4.35. The topological polar surface area (TPSA) is 78.8 Å². The third kappa shape index (κ3) is 5.71. The van der Waals surface area contributed by atoms with Gasteiger partial charge in [-0.05, 0) is 54.8 Å². The molecule has 8 heteroatoms. The van der Waals surface area contributed by atoms with Crippen LogP contribution in [0.4, 0.5) is 14.6 Å². The molecule has 0 radical (unpaired) electrons. The first-order valence-electron chi connectivity index (χ1n) is 9.03. The Morgan fingerprint density at radius 1 is 0.967 bits per heavy atom. The summed E-state index contributed by atoms with van der Waals surface area (Å²) in [6.45, 7) is 0. The van der Waals surface area contributed by atoms with E-state index in [0.29, 0.717) is 16.7 Å². The Kier molecular flexibility index (Phi) is 7.69. The van der Waals surface area contributed by atoms with Crippen molar-refractivity contribution < 1.29 is 60.2 Å². The van der Waals surface area contributed by atoms with Gasteiger partial charge in [0.1, 0.15) is 11.6 Å². The van der Waals surface area contributed by atoms with Crippen molar-refractivity contribution in [2.45, 2.75) is 18.8 Å². The number of hydrogen-bond donors (Lipinski definition) is 1. The van der Waals surface area contributed by atoms with Crippen molar-refractivity contribution in [3.63, 3.8) is 0 Å². The van der Waals surface area contributed by atoms with E-state index >= 15 is 0 Å². The summed E-state index contributed by atoms with van der Waals surface area (Å²) in [6.07, 6.45) is 4.14. The van der Waals surface area contributed by atoms with Crippen LogP contribution >= 0.6 is 0 Å². The fraction of sp³-hybridized carbons (Fsp3) is 0.136. The molecule has 1 aliphatic carbocycles. The van der Waals surface area contributed by atoms with Gasteiger partial charge in [-0.1, -0.05) is 36.3 Å². The normalized spacial score (nSPS) is 12.2. The SMILES string of the molecule is Nc1nc(C#Cc2ccc(F)c(F)c2)nc2[n-]cnc12.[K+].c1ccc(C2CC2)cc1.